The third-order valence-electron chi connectivity index (χ3n) is 3.66. The van der Waals surface area contributed by atoms with E-state index in [-0.39, 0.29) is 42.8 Å². The molecule has 2 aromatic rings. The Balaban J connectivity index is 0.00000392. The number of guanidine groups is 1. The minimum Gasteiger partial charge on any atom is -0.434 e. The predicted octanol–water partition coefficient (Wildman–Crippen LogP) is 4.35. The maximum absolute atomic E-state index is 12.5. The number of ether oxygens (including phenoxy) is 1. The molecule has 0 spiro atoms. The van der Waals surface area contributed by atoms with Crippen molar-refractivity contribution in [3.8, 4) is 5.75 Å². The van der Waals surface area contributed by atoms with Crippen LogP contribution in [0.1, 0.15) is 24.2 Å². The summed E-state index contributed by atoms with van der Waals surface area (Å²) >= 11 is 5.85. The van der Waals surface area contributed by atoms with Gasteiger partial charge >= 0.3 is 6.61 Å². The Kier molecular flexibility index (Phi) is 11.1. The Labute approximate surface area is 185 Å². The molecule has 0 aliphatic heterocycles. The molecule has 0 heterocycles. The van der Waals surface area contributed by atoms with Gasteiger partial charge < -0.3 is 20.5 Å². The molecule has 0 fully saturated rings. The van der Waals surface area contributed by atoms with Crippen LogP contribution in [0.3, 0.4) is 0 Å². The molecule has 154 valence electrons. The van der Waals surface area contributed by atoms with Crippen molar-refractivity contribution in [2.75, 3.05) is 13.1 Å². The van der Waals surface area contributed by atoms with Crippen LogP contribution in [0.25, 0.3) is 0 Å². The molecule has 0 bridgehead atoms. The van der Waals surface area contributed by atoms with Gasteiger partial charge in [-0.05, 0) is 30.7 Å². The summed E-state index contributed by atoms with van der Waals surface area (Å²) in [6, 6.07) is 13.4. The molecule has 0 aliphatic carbocycles. The highest BCUT2D eigenvalue weighted by Gasteiger charge is 2.10. The first-order valence-electron chi connectivity index (χ1n) is 8.48. The fourth-order valence-electron chi connectivity index (χ4n) is 2.35. The Bertz CT molecular complexity index is 748. The van der Waals surface area contributed by atoms with Gasteiger partial charge in [-0.15, -0.1) is 24.0 Å². The minimum absolute atomic E-state index is 0. The Morgan fingerprint density at radius 2 is 1.82 bits per heavy atom. The number of alkyl halides is 2. The molecule has 2 rings (SSSR count). The molecule has 2 aromatic carbocycles. The van der Waals surface area contributed by atoms with Crippen LogP contribution < -0.4 is 15.4 Å². The van der Waals surface area contributed by atoms with Crippen molar-refractivity contribution in [1.82, 2.24) is 10.6 Å². The molecular formula is C19H23ClF2IN3O2. The lowest BCUT2D eigenvalue weighted by molar-refractivity contribution is -0.0504. The number of aliphatic hydroxyl groups is 1. The lowest BCUT2D eigenvalue weighted by atomic mass is 10.1. The van der Waals surface area contributed by atoms with E-state index in [0.717, 1.165) is 5.56 Å². The van der Waals surface area contributed by atoms with Crippen molar-refractivity contribution in [2.24, 2.45) is 4.99 Å². The number of benzene rings is 2. The van der Waals surface area contributed by atoms with E-state index < -0.39 is 12.7 Å². The maximum atomic E-state index is 12.5. The Morgan fingerprint density at radius 3 is 2.46 bits per heavy atom. The number of nitrogens with one attached hydrogen (secondary N) is 2. The Morgan fingerprint density at radius 1 is 1.14 bits per heavy atom. The second kappa shape index (κ2) is 12.7. The van der Waals surface area contributed by atoms with Gasteiger partial charge in [0.25, 0.3) is 0 Å². The summed E-state index contributed by atoms with van der Waals surface area (Å²) in [4.78, 5) is 4.37. The lowest BCUT2D eigenvalue weighted by Crippen LogP contribution is -2.39. The molecule has 9 heteroatoms. The van der Waals surface area contributed by atoms with Crippen molar-refractivity contribution in [1.29, 1.82) is 0 Å². The monoisotopic (exact) mass is 525 g/mol. The molecule has 1 atom stereocenters. The number of nitrogens with zero attached hydrogens (tertiary/aromatic N) is 1. The van der Waals surface area contributed by atoms with Crippen molar-refractivity contribution < 1.29 is 18.6 Å². The third kappa shape index (κ3) is 8.15. The molecule has 0 radical (unpaired) electrons. The van der Waals surface area contributed by atoms with Crippen LogP contribution in [0.15, 0.2) is 53.5 Å². The topological polar surface area (TPSA) is 65.9 Å². The van der Waals surface area contributed by atoms with E-state index in [0.29, 0.717) is 23.1 Å². The molecule has 0 saturated carbocycles. The minimum atomic E-state index is -2.89. The normalized spacial score (nSPS) is 12.3. The van der Waals surface area contributed by atoms with Crippen molar-refractivity contribution in [3.05, 3.63) is 64.7 Å². The molecule has 0 saturated heterocycles. The molecule has 0 aliphatic rings. The Hall–Kier alpha value is -1.65. The van der Waals surface area contributed by atoms with Crippen molar-refractivity contribution in [3.63, 3.8) is 0 Å². The van der Waals surface area contributed by atoms with Crippen LogP contribution in [0.5, 0.6) is 5.75 Å². The number of aliphatic hydroxyl groups excluding tert-OH is 1. The predicted molar refractivity (Wildman–Crippen MR) is 118 cm³/mol. The number of aliphatic imine (C=N–C) groups is 1. The zero-order chi connectivity index (χ0) is 19.6. The summed E-state index contributed by atoms with van der Waals surface area (Å²) in [5.74, 6) is 0.547. The highest BCUT2D eigenvalue weighted by Crippen LogP contribution is 2.21. The number of hydrogen-bond donors (Lipinski definition) is 3. The number of para-hydroxylation sites is 1. The van der Waals surface area contributed by atoms with E-state index in [1.807, 2.05) is 6.92 Å². The highest BCUT2D eigenvalue weighted by atomic mass is 127. The number of halogens is 4. The smallest absolute Gasteiger partial charge is 0.387 e. The summed E-state index contributed by atoms with van der Waals surface area (Å²) in [6.07, 6.45) is -0.749. The first-order chi connectivity index (χ1) is 13.0. The zero-order valence-electron chi connectivity index (χ0n) is 15.2. The van der Waals surface area contributed by atoms with Gasteiger partial charge in [0.2, 0.25) is 0 Å². The van der Waals surface area contributed by atoms with Crippen molar-refractivity contribution in [2.45, 2.75) is 26.2 Å². The molecule has 5 nitrogen and oxygen atoms in total. The van der Waals surface area contributed by atoms with Gasteiger partial charge in [-0.1, -0.05) is 41.9 Å². The summed E-state index contributed by atoms with van der Waals surface area (Å²) < 4.78 is 29.5. The van der Waals surface area contributed by atoms with Crippen LogP contribution in [0.4, 0.5) is 8.78 Å². The fraction of sp³-hybridized carbons (Fsp3) is 0.316. The average Bonchev–Trinajstić information content (AvgIpc) is 2.65. The molecule has 0 amide bonds. The lowest BCUT2D eigenvalue weighted by Gasteiger charge is -2.16. The van der Waals surface area contributed by atoms with Gasteiger partial charge in [-0.3, -0.25) is 0 Å². The second-order valence-corrected chi connectivity index (χ2v) is 6.07. The van der Waals surface area contributed by atoms with E-state index in [2.05, 4.69) is 20.4 Å². The summed E-state index contributed by atoms with van der Waals surface area (Å²) in [6.45, 7) is -0.00702. The van der Waals surface area contributed by atoms with Crippen molar-refractivity contribution >= 4 is 41.5 Å². The van der Waals surface area contributed by atoms with Gasteiger partial charge in [-0.2, -0.15) is 8.78 Å². The van der Waals surface area contributed by atoms with E-state index in [1.54, 1.807) is 42.5 Å². The molecule has 3 N–H and O–H groups in total. The quantitative estimate of drug-likeness (QED) is 0.272. The van der Waals surface area contributed by atoms with Gasteiger partial charge in [0.1, 0.15) is 5.75 Å². The SMILES string of the molecule is CCNC(=NCc1ccccc1OC(F)F)NCC(O)c1ccc(Cl)cc1.I. The van der Waals surface area contributed by atoms with Gasteiger partial charge in [-0.25, -0.2) is 4.99 Å². The van der Waals surface area contributed by atoms with Crippen LogP contribution in [0.2, 0.25) is 5.02 Å². The standard InChI is InChI=1S/C19H22ClF2N3O2.HI/c1-2-23-19(25-12-16(26)13-7-9-15(20)10-8-13)24-11-14-5-3-4-6-17(14)27-18(21)22;/h3-10,16,18,26H,2,11-12H2,1H3,(H2,23,24,25);1H. The van der Waals surface area contributed by atoms with Crippen LogP contribution in [-0.2, 0) is 6.54 Å². The first kappa shape index (κ1) is 24.4. The maximum Gasteiger partial charge on any atom is 0.387 e. The van der Waals surface area contributed by atoms with Gasteiger partial charge in [0.05, 0.1) is 12.6 Å². The van der Waals surface area contributed by atoms with Crippen LogP contribution >= 0.6 is 35.6 Å². The van der Waals surface area contributed by atoms with Gasteiger partial charge in [0.15, 0.2) is 5.96 Å². The second-order valence-electron chi connectivity index (χ2n) is 5.63. The number of hydrogen-bond acceptors (Lipinski definition) is 3. The molecule has 1 unspecified atom stereocenters. The highest BCUT2D eigenvalue weighted by molar-refractivity contribution is 14.0. The largest absolute Gasteiger partial charge is 0.434 e. The van der Waals surface area contributed by atoms with E-state index in [9.17, 15) is 13.9 Å². The summed E-state index contributed by atoms with van der Waals surface area (Å²) in [7, 11) is 0. The van der Waals surface area contributed by atoms with E-state index >= 15 is 0 Å². The molecular weight excluding hydrogens is 503 g/mol. The van der Waals surface area contributed by atoms with Crippen LogP contribution in [0, 0.1) is 0 Å². The van der Waals surface area contributed by atoms with E-state index in [4.69, 9.17) is 11.6 Å². The average molecular weight is 526 g/mol. The van der Waals surface area contributed by atoms with Crippen LogP contribution in [-0.4, -0.2) is 30.8 Å². The molecule has 0 aromatic heterocycles. The number of rotatable bonds is 8. The third-order valence-corrected chi connectivity index (χ3v) is 3.91. The summed E-state index contributed by atoms with van der Waals surface area (Å²) in [5.41, 5.74) is 1.26. The fourth-order valence-corrected chi connectivity index (χ4v) is 2.47. The first-order valence-corrected chi connectivity index (χ1v) is 8.85. The van der Waals surface area contributed by atoms with E-state index in [1.165, 1.54) is 6.07 Å². The zero-order valence-corrected chi connectivity index (χ0v) is 18.3. The van der Waals surface area contributed by atoms with Gasteiger partial charge in [0, 0.05) is 23.7 Å². The molecule has 28 heavy (non-hydrogen) atoms. The summed E-state index contributed by atoms with van der Waals surface area (Å²) in [5, 5.41) is 16.9.